The molecule has 33 heavy (non-hydrogen) atoms. The molecule has 1 aliphatic rings. The fourth-order valence-corrected chi connectivity index (χ4v) is 4.07. The molecule has 0 radical (unpaired) electrons. The molecule has 8 nitrogen and oxygen atoms in total. The van der Waals surface area contributed by atoms with Gasteiger partial charge in [0, 0.05) is 5.69 Å². The highest BCUT2D eigenvalue weighted by Gasteiger charge is 2.41. The molecular formula is C23H21ClN2O6S. The minimum atomic E-state index is -1.02. The van der Waals surface area contributed by atoms with Gasteiger partial charge < -0.3 is 14.8 Å². The van der Waals surface area contributed by atoms with Crippen LogP contribution in [0.2, 0.25) is 5.02 Å². The first-order valence-corrected chi connectivity index (χ1v) is 11.2. The zero-order valence-corrected chi connectivity index (χ0v) is 19.4. The normalized spacial score (nSPS) is 15.5. The molecule has 1 fully saturated rings. The lowest BCUT2D eigenvalue weighted by Crippen LogP contribution is -2.42. The molecule has 1 heterocycles. The average Bonchev–Trinajstić information content (AvgIpc) is 3.06. The van der Waals surface area contributed by atoms with Gasteiger partial charge in [-0.25, -0.2) is 4.79 Å². The van der Waals surface area contributed by atoms with Crippen molar-refractivity contribution in [2.24, 2.45) is 0 Å². The quantitative estimate of drug-likeness (QED) is 0.435. The van der Waals surface area contributed by atoms with E-state index >= 15 is 0 Å². The molecule has 3 amide bonds. The number of esters is 1. The minimum absolute atomic E-state index is 0.149. The molecule has 0 spiro atoms. The number of nitrogens with one attached hydrogen (secondary N) is 1. The van der Waals surface area contributed by atoms with Crippen molar-refractivity contribution in [3.05, 3.63) is 64.0 Å². The predicted octanol–water partition coefficient (Wildman–Crippen LogP) is 4.35. The molecule has 172 valence electrons. The number of amides is 3. The van der Waals surface area contributed by atoms with Crippen LogP contribution in [-0.2, 0) is 19.1 Å². The number of rotatable bonds is 8. The summed E-state index contributed by atoms with van der Waals surface area (Å²) in [4.78, 5) is 49.9. The van der Waals surface area contributed by atoms with Crippen molar-refractivity contribution in [3.8, 4) is 5.75 Å². The van der Waals surface area contributed by atoms with Gasteiger partial charge in [0.15, 0.2) is 6.61 Å². The lowest BCUT2D eigenvalue weighted by Gasteiger charge is -2.19. The molecule has 2 aromatic rings. The van der Waals surface area contributed by atoms with Crippen molar-refractivity contribution in [2.45, 2.75) is 19.9 Å². The smallest absolute Gasteiger partial charge is 0.329 e. The summed E-state index contributed by atoms with van der Waals surface area (Å²) >= 11 is 6.99. The molecule has 0 saturated carbocycles. The molecule has 1 atom stereocenters. The molecule has 0 bridgehead atoms. The van der Waals surface area contributed by atoms with Crippen LogP contribution in [0.15, 0.2) is 53.4 Å². The van der Waals surface area contributed by atoms with Crippen molar-refractivity contribution >= 4 is 58.1 Å². The third-order valence-electron chi connectivity index (χ3n) is 4.51. The second kappa shape index (κ2) is 11.0. The van der Waals surface area contributed by atoms with Crippen LogP contribution in [0.5, 0.6) is 5.75 Å². The molecule has 3 rings (SSSR count). The molecule has 10 heteroatoms. The van der Waals surface area contributed by atoms with Crippen molar-refractivity contribution in [2.75, 3.05) is 18.5 Å². The van der Waals surface area contributed by atoms with E-state index in [1.165, 1.54) is 13.0 Å². The van der Waals surface area contributed by atoms with Gasteiger partial charge in [0.2, 0.25) is 0 Å². The Morgan fingerprint density at radius 3 is 2.58 bits per heavy atom. The van der Waals surface area contributed by atoms with E-state index in [9.17, 15) is 19.2 Å². The maximum Gasteiger partial charge on any atom is 0.329 e. The van der Waals surface area contributed by atoms with Crippen LogP contribution in [0.1, 0.15) is 19.4 Å². The van der Waals surface area contributed by atoms with Gasteiger partial charge in [0.1, 0.15) is 11.8 Å². The number of carbonyl (C=O) groups excluding carboxylic acids is 4. The summed E-state index contributed by atoms with van der Waals surface area (Å²) in [7, 11) is 0. The van der Waals surface area contributed by atoms with E-state index in [2.05, 4.69) is 5.32 Å². The van der Waals surface area contributed by atoms with Crippen molar-refractivity contribution in [1.29, 1.82) is 0 Å². The summed E-state index contributed by atoms with van der Waals surface area (Å²) < 4.78 is 10.4. The highest BCUT2D eigenvalue weighted by molar-refractivity contribution is 8.18. The standard InChI is InChI=1S/C23H21ClN2O6S/c1-3-31-22(29)14(2)26-21(28)19(33-23(26)30)12-15-9-10-18(17(24)11-15)32-13-20(27)25-16-7-5-4-6-8-16/h4-12,14H,3,13H2,1-2H3,(H,25,27)/b19-12+/t14-/m0/s1. The Labute approximate surface area is 199 Å². The number of carbonyl (C=O) groups is 4. The van der Waals surface area contributed by atoms with E-state index in [-0.39, 0.29) is 29.0 Å². The zero-order chi connectivity index (χ0) is 24.0. The summed E-state index contributed by atoms with van der Waals surface area (Å²) in [6, 6.07) is 12.7. The molecular weight excluding hydrogens is 468 g/mol. The van der Waals surface area contributed by atoms with Crippen LogP contribution in [0.25, 0.3) is 6.08 Å². The van der Waals surface area contributed by atoms with E-state index in [1.807, 2.05) is 6.07 Å². The monoisotopic (exact) mass is 488 g/mol. The largest absolute Gasteiger partial charge is 0.482 e. The number of hydrogen-bond acceptors (Lipinski definition) is 7. The van der Waals surface area contributed by atoms with Gasteiger partial charge in [-0.15, -0.1) is 0 Å². The highest BCUT2D eigenvalue weighted by Crippen LogP contribution is 2.35. The topological polar surface area (TPSA) is 102 Å². The number of halogens is 1. The maximum absolute atomic E-state index is 12.7. The van der Waals surface area contributed by atoms with E-state index in [4.69, 9.17) is 21.1 Å². The van der Waals surface area contributed by atoms with Crippen molar-refractivity contribution < 1.29 is 28.7 Å². The van der Waals surface area contributed by atoms with Gasteiger partial charge in [-0.3, -0.25) is 19.3 Å². The molecule has 1 aliphatic heterocycles. The number of imide groups is 1. The minimum Gasteiger partial charge on any atom is -0.482 e. The van der Waals surface area contributed by atoms with Crippen LogP contribution >= 0.6 is 23.4 Å². The first-order chi connectivity index (χ1) is 15.8. The number of nitrogens with zero attached hydrogens (tertiary/aromatic N) is 1. The second-order valence-corrected chi connectivity index (χ2v) is 8.27. The summed E-state index contributed by atoms with van der Waals surface area (Å²) in [6.07, 6.45) is 1.50. The first kappa shape index (κ1) is 24.3. The lowest BCUT2D eigenvalue weighted by molar-refractivity contribution is -0.150. The number of para-hydroxylation sites is 1. The van der Waals surface area contributed by atoms with Gasteiger partial charge in [0.25, 0.3) is 17.1 Å². The number of benzene rings is 2. The lowest BCUT2D eigenvalue weighted by atomic mass is 10.2. The highest BCUT2D eigenvalue weighted by atomic mass is 35.5. The molecule has 0 aliphatic carbocycles. The fourth-order valence-electron chi connectivity index (χ4n) is 2.92. The number of ether oxygens (including phenoxy) is 2. The van der Waals surface area contributed by atoms with Crippen LogP contribution < -0.4 is 10.1 Å². The SMILES string of the molecule is CCOC(=O)[C@H](C)N1C(=O)S/C(=C/c2ccc(OCC(=O)Nc3ccccc3)c(Cl)c2)C1=O. The van der Waals surface area contributed by atoms with Crippen molar-refractivity contribution in [3.63, 3.8) is 0 Å². The van der Waals surface area contributed by atoms with E-state index < -0.39 is 23.2 Å². The summed E-state index contributed by atoms with van der Waals surface area (Å²) in [5.74, 6) is -1.28. The van der Waals surface area contributed by atoms with Gasteiger partial charge >= 0.3 is 5.97 Å². The fraction of sp³-hybridized carbons (Fsp3) is 0.217. The van der Waals surface area contributed by atoms with Gasteiger partial charge in [0.05, 0.1) is 16.5 Å². The summed E-state index contributed by atoms with van der Waals surface area (Å²) in [5.41, 5.74) is 1.20. The third-order valence-corrected chi connectivity index (χ3v) is 5.69. The molecule has 1 saturated heterocycles. The van der Waals surface area contributed by atoms with E-state index in [0.29, 0.717) is 17.0 Å². The van der Waals surface area contributed by atoms with E-state index in [1.54, 1.807) is 49.4 Å². The Balaban J connectivity index is 1.64. The van der Waals surface area contributed by atoms with Gasteiger partial charge in [-0.1, -0.05) is 35.9 Å². The molecule has 2 aromatic carbocycles. The van der Waals surface area contributed by atoms with Crippen LogP contribution in [-0.4, -0.2) is 47.2 Å². The second-order valence-electron chi connectivity index (χ2n) is 6.87. The Kier molecular flexibility index (Phi) is 8.13. The summed E-state index contributed by atoms with van der Waals surface area (Å²) in [5, 5.41) is 2.38. The van der Waals surface area contributed by atoms with Gasteiger partial charge in [-0.2, -0.15) is 0 Å². The van der Waals surface area contributed by atoms with Crippen LogP contribution in [0, 0.1) is 0 Å². The third kappa shape index (κ3) is 6.15. The molecule has 1 N–H and O–H groups in total. The van der Waals surface area contributed by atoms with E-state index in [0.717, 1.165) is 16.7 Å². The number of thioether (sulfide) groups is 1. The Morgan fingerprint density at radius 2 is 1.91 bits per heavy atom. The molecule has 0 unspecified atom stereocenters. The Morgan fingerprint density at radius 1 is 1.18 bits per heavy atom. The molecule has 0 aromatic heterocycles. The number of anilines is 1. The Hall–Kier alpha value is -3.30. The zero-order valence-electron chi connectivity index (χ0n) is 17.9. The Bertz CT molecular complexity index is 1110. The summed E-state index contributed by atoms with van der Waals surface area (Å²) in [6.45, 7) is 2.99. The van der Waals surface area contributed by atoms with Crippen LogP contribution in [0.4, 0.5) is 10.5 Å². The van der Waals surface area contributed by atoms with Crippen molar-refractivity contribution in [1.82, 2.24) is 4.90 Å². The average molecular weight is 489 g/mol. The maximum atomic E-state index is 12.7. The van der Waals surface area contributed by atoms with Gasteiger partial charge in [-0.05, 0) is 61.5 Å². The first-order valence-electron chi connectivity index (χ1n) is 10.0. The number of hydrogen-bond donors (Lipinski definition) is 1. The predicted molar refractivity (Wildman–Crippen MR) is 126 cm³/mol. The van der Waals surface area contributed by atoms with Crippen LogP contribution in [0.3, 0.4) is 0 Å².